The van der Waals surface area contributed by atoms with Gasteiger partial charge in [-0.3, -0.25) is 14.6 Å². The zero-order chi connectivity index (χ0) is 19.8. The van der Waals surface area contributed by atoms with Crippen molar-refractivity contribution in [3.05, 3.63) is 29.8 Å². The lowest BCUT2D eigenvalue weighted by molar-refractivity contribution is -0.127. The number of carbonyl (C=O) groups is 1. The van der Waals surface area contributed by atoms with Crippen molar-refractivity contribution in [3.8, 4) is 5.75 Å². The van der Waals surface area contributed by atoms with Gasteiger partial charge in [-0.1, -0.05) is 12.1 Å². The van der Waals surface area contributed by atoms with Crippen LogP contribution in [0.5, 0.6) is 5.75 Å². The molecular formula is C22H35N3O3. The van der Waals surface area contributed by atoms with E-state index in [1.54, 1.807) is 14.2 Å². The molecule has 1 atom stereocenters. The number of hydrogen-bond donors (Lipinski definition) is 1. The molecule has 1 aromatic carbocycles. The SMILES string of the molecule is COCCNC(=O)[C@H]1CCCN(C2CCN(Cc3ccc(OC)cc3)CC2)C1. The number of benzene rings is 1. The van der Waals surface area contributed by atoms with Crippen molar-refractivity contribution < 1.29 is 14.3 Å². The zero-order valence-electron chi connectivity index (χ0n) is 17.4. The number of likely N-dealkylation sites (tertiary alicyclic amines) is 2. The smallest absolute Gasteiger partial charge is 0.224 e. The third kappa shape index (κ3) is 5.93. The van der Waals surface area contributed by atoms with Crippen LogP contribution in [0.3, 0.4) is 0 Å². The van der Waals surface area contributed by atoms with Crippen molar-refractivity contribution in [1.82, 2.24) is 15.1 Å². The maximum Gasteiger partial charge on any atom is 0.224 e. The Labute approximate surface area is 169 Å². The highest BCUT2D eigenvalue weighted by Gasteiger charge is 2.31. The average molecular weight is 390 g/mol. The Morgan fingerprint density at radius 1 is 1.11 bits per heavy atom. The van der Waals surface area contributed by atoms with E-state index in [0.29, 0.717) is 19.2 Å². The monoisotopic (exact) mass is 389 g/mol. The minimum Gasteiger partial charge on any atom is -0.497 e. The van der Waals surface area contributed by atoms with Gasteiger partial charge in [0.15, 0.2) is 0 Å². The van der Waals surface area contributed by atoms with Crippen LogP contribution in [0.15, 0.2) is 24.3 Å². The van der Waals surface area contributed by atoms with Gasteiger partial charge in [0.1, 0.15) is 5.75 Å². The number of methoxy groups -OCH3 is 2. The van der Waals surface area contributed by atoms with Crippen LogP contribution in [0.2, 0.25) is 0 Å². The zero-order valence-corrected chi connectivity index (χ0v) is 17.4. The maximum absolute atomic E-state index is 12.4. The first kappa shape index (κ1) is 21.1. The summed E-state index contributed by atoms with van der Waals surface area (Å²) in [5, 5.41) is 3.01. The molecule has 0 bridgehead atoms. The van der Waals surface area contributed by atoms with Crippen LogP contribution in [0.4, 0.5) is 0 Å². The van der Waals surface area contributed by atoms with Gasteiger partial charge in [-0.05, 0) is 63.0 Å². The first-order valence-corrected chi connectivity index (χ1v) is 10.6. The second-order valence-electron chi connectivity index (χ2n) is 7.97. The Bertz CT molecular complexity index is 600. The summed E-state index contributed by atoms with van der Waals surface area (Å²) in [6.07, 6.45) is 4.50. The maximum atomic E-state index is 12.4. The number of rotatable bonds is 8. The molecule has 2 aliphatic rings. The fourth-order valence-corrected chi connectivity index (χ4v) is 4.40. The molecule has 1 aromatic rings. The Morgan fingerprint density at radius 2 is 1.86 bits per heavy atom. The molecule has 1 N–H and O–H groups in total. The predicted octanol–water partition coefficient (Wildman–Crippen LogP) is 2.13. The lowest BCUT2D eigenvalue weighted by atomic mass is 9.93. The van der Waals surface area contributed by atoms with E-state index in [2.05, 4.69) is 27.2 Å². The normalized spacial score (nSPS) is 22.1. The van der Waals surface area contributed by atoms with Crippen molar-refractivity contribution in [2.75, 3.05) is 53.6 Å². The summed E-state index contributed by atoms with van der Waals surface area (Å²) in [4.78, 5) is 17.5. The third-order valence-electron chi connectivity index (χ3n) is 6.07. The topological polar surface area (TPSA) is 54.0 Å². The highest BCUT2D eigenvalue weighted by molar-refractivity contribution is 5.78. The molecule has 1 amide bonds. The molecule has 0 spiro atoms. The minimum atomic E-state index is 0.128. The van der Waals surface area contributed by atoms with E-state index < -0.39 is 0 Å². The van der Waals surface area contributed by atoms with E-state index in [-0.39, 0.29) is 11.8 Å². The summed E-state index contributed by atoms with van der Waals surface area (Å²) in [5.41, 5.74) is 1.34. The molecule has 2 saturated heterocycles. The first-order chi connectivity index (χ1) is 13.7. The summed E-state index contributed by atoms with van der Waals surface area (Å²) in [7, 11) is 3.36. The highest BCUT2D eigenvalue weighted by atomic mass is 16.5. The van der Waals surface area contributed by atoms with Crippen molar-refractivity contribution >= 4 is 5.91 Å². The van der Waals surface area contributed by atoms with Gasteiger partial charge in [-0.25, -0.2) is 0 Å². The molecule has 0 aromatic heterocycles. The quantitative estimate of drug-likeness (QED) is 0.691. The van der Waals surface area contributed by atoms with Crippen LogP contribution < -0.4 is 10.1 Å². The van der Waals surface area contributed by atoms with Gasteiger partial charge in [0, 0.05) is 32.8 Å². The lowest BCUT2D eigenvalue weighted by Gasteiger charge is -2.42. The van der Waals surface area contributed by atoms with Gasteiger partial charge in [-0.2, -0.15) is 0 Å². The molecule has 0 saturated carbocycles. The van der Waals surface area contributed by atoms with E-state index in [1.807, 2.05) is 12.1 Å². The summed E-state index contributed by atoms with van der Waals surface area (Å²) in [6, 6.07) is 8.99. The Balaban J connectivity index is 1.42. The van der Waals surface area contributed by atoms with Crippen LogP contribution in [0.1, 0.15) is 31.2 Å². The number of hydrogen-bond acceptors (Lipinski definition) is 5. The third-order valence-corrected chi connectivity index (χ3v) is 6.07. The number of nitrogens with one attached hydrogen (secondary N) is 1. The van der Waals surface area contributed by atoms with Crippen molar-refractivity contribution in [2.24, 2.45) is 5.92 Å². The van der Waals surface area contributed by atoms with E-state index >= 15 is 0 Å². The summed E-state index contributed by atoms with van der Waals surface area (Å²) in [5.74, 6) is 1.23. The second kappa shape index (κ2) is 10.8. The molecule has 6 heteroatoms. The number of nitrogens with zero attached hydrogens (tertiary/aromatic N) is 2. The number of carbonyl (C=O) groups excluding carboxylic acids is 1. The van der Waals surface area contributed by atoms with Gasteiger partial charge < -0.3 is 14.8 Å². The largest absolute Gasteiger partial charge is 0.497 e. The number of amides is 1. The molecular weight excluding hydrogens is 354 g/mol. The Hall–Kier alpha value is -1.63. The van der Waals surface area contributed by atoms with Gasteiger partial charge >= 0.3 is 0 Å². The van der Waals surface area contributed by atoms with Gasteiger partial charge in [-0.15, -0.1) is 0 Å². The van der Waals surface area contributed by atoms with Crippen molar-refractivity contribution in [3.63, 3.8) is 0 Å². The molecule has 0 radical (unpaired) electrons. The predicted molar refractivity (Wildman–Crippen MR) is 110 cm³/mol. The van der Waals surface area contributed by atoms with E-state index in [4.69, 9.17) is 9.47 Å². The fourth-order valence-electron chi connectivity index (χ4n) is 4.40. The van der Waals surface area contributed by atoms with Crippen LogP contribution in [-0.4, -0.2) is 75.3 Å². The summed E-state index contributed by atoms with van der Waals surface area (Å²) >= 11 is 0. The minimum absolute atomic E-state index is 0.128. The standard InChI is InChI=1S/C22H35N3O3/c1-27-15-11-23-22(26)19-4-3-12-25(17-19)20-9-13-24(14-10-20)16-18-5-7-21(28-2)8-6-18/h5-8,19-20H,3-4,9-17H2,1-2H3,(H,23,26)/t19-/m0/s1. The summed E-state index contributed by atoms with van der Waals surface area (Å²) in [6.45, 7) is 6.47. The molecule has 0 aliphatic carbocycles. The summed E-state index contributed by atoms with van der Waals surface area (Å²) < 4.78 is 10.3. The Morgan fingerprint density at radius 3 is 2.54 bits per heavy atom. The van der Waals surface area contributed by atoms with Gasteiger partial charge in [0.05, 0.1) is 19.6 Å². The van der Waals surface area contributed by atoms with E-state index in [9.17, 15) is 4.79 Å². The Kier molecular flexibility index (Phi) is 8.13. The van der Waals surface area contributed by atoms with Crippen LogP contribution >= 0.6 is 0 Å². The lowest BCUT2D eigenvalue weighted by Crippen LogP contribution is -2.50. The molecule has 2 fully saturated rings. The molecule has 6 nitrogen and oxygen atoms in total. The molecule has 2 aliphatic heterocycles. The van der Waals surface area contributed by atoms with Gasteiger partial charge in [0.2, 0.25) is 5.91 Å². The number of piperidine rings is 2. The molecule has 3 rings (SSSR count). The fraction of sp³-hybridized carbons (Fsp3) is 0.682. The first-order valence-electron chi connectivity index (χ1n) is 10.6. The van der Waals surface area contributed by atoms with E-state index in [0.717, 1.165) is 51.3 Å². The molecule has 0 unspecified atom stereocenters. The number of ether oxygens (including phenoxy) is 2. The van der Waals surface area contributed by atoms with E-state index in [1.165, 1.54) is 18.4 Å². The molecule has 28 heavy (non-hydrogen) atoms. The van der Waals surface area contributed by atoms with Crippen LogP contribution in [0.25, 0.3) is 0 Å². The van der Waals surface area contributed by atoms with Crippen LogP contribution in [-0.2, 0) is 16.1 Å². The van der Waals surface area contributed by atoms with Gasteiger partial charge in [0.25, 0.3) is 0 Å². The van der Waals surface area contributed by atoms with Crippen LogP contribution in [0, 0.1) is 5.92 Å². The van der Waals surface area contributed by atoms with Crippen molar-refractivity contribution in [1.29, 1.82) is 0 Å². The molecule has 156 valence electrons. The average Bonchev–Trinajstić information content (AvgIpc) is 2.75. The second-order valence-corrected chi connectivity index (χ2v) is 7.97. The van der Waals surface area contributed by atoms with Crippen molar-refractivity contribution in [2.45, 2.75) is 38.3 Å². The molecule has 2 heterocycles. The highest BCUT2D eigenvalue weighted by Crippen LogP contribution is 2.25.